The lowest BCUT2D eigenvalue weighted by Gasteiger charge is -2.22. The molecule has 1 aliphatic carbocycles. The van der Waals surface area contributed by atoms with E-state index in [1.165, 1.54) is 0 Å². The zero-order valence-electron chi connectivity index (χ0n) is 14.2. The van der Waals surface area contributed by atoms with Gasteiger partial charge in [-0.1, -0.05) is 72.8 Å². The Labute approximate surface area is 151 Å². The van der Waals surface area contributed by atoms with E-state index >= 15 is 0 Å². The highest BCUT2D eigenvalue weighted by Gasteiger charge is 2.34. The van der Waals surface area contributed by atoms with Gasteiger partial charge in [0, 0.05) is 27.8 Å². The van der Waals surface area contributed by atoms with Gasteiger partial charge in [0.25, 0.3) is 0 Å². The summed E-state index contributed by atoms with van der Waals surface area (Å²) in [6.07, 6.45) is 0. The van der Waals surface area contributed by atoms with Crippen LogP contribution in [-0.4, -0.2) is 18.7 Å². The van der Waals surface area contributed by atoms with Gasteiger partial charge < -0.3 is 4.74 Å². The average Bonchev–Trinajstić information content (AvgIpc) is 2.71. The summed E-state index contributed by atoms with van der Waals surface area (Å²) < 4.78 is 5.46. The summed E-state index contributed by atoms with van der Waals surface area (Å²) in [5, 5.41) is 0. The third-order valence-electron chi connectivity index (χ3n) is 4.56. The molecule has 3 aromatic rings. The normalized spacial score (nSPS) is 13.6. The van der Waals surface area contributed by atoms with Crippen LogP contribution in [0.4, 0.5) is 0 Å². The molecule has 0 radical (unpaired) electrons. The van der Waals surface area contributed by atoms with Gasteiger partial charge in [-0.25, -0.2) is 0 Å². The molecule has 0 spiro atoms. The van der Waals surface area contributed by atoms with Crippen molar-refractivity contribution >= 4 is 22.7 Å². The molecule has 0 amide bonds. The molecule has 126 valence electrons. The molecule has 0 saturated carbocycles. The van der Waals surface area contributed by atoms with E-state index in [4.69, 9.17) is 4.74 Å². The summed E-state index contributed by atoms with van der Waals surface area (Å²) in [6, 6.07) is 23.6. The third-order valence-corrected chi connectivity index (χ3v) is 4.56. The van der Waals surface area contributed by atoms with Gasteiger partial charge in [-0.05, 0) is 11.6 Å². The molecule has 26 heavy (non-hydrogen) atoms. The molecule has 0 aromatic heterocycles. The van der Waals surface area contributed by atoms with E-state index < -0.39 is 0 Å². The number of carbonyl (C=O) groups is 2. The molecule has 4 rings (SSSR count). The lowest BCUT2D eigenvalue weighted by molar-refractivity contribution is 0.101. The highest BCUT2D eigenvalue weighted by atomic mass is 16.5. The van der Waals surface area contributed by atoms with Crippen molar-refractivity contribution in [1.29, 1.82) is 0 Å². The molecule has 0 N–H and O–H groups in total. The van der Waals surface area contributed by atoms with Gasteiger partial charge in [-0.2, -0.15) is 0 Å². The number of carbonyl (C=O) groups excluding carboxylic acids is 2. The van der Waals surface area contributed by atoms with Gasteiger partial charge >= 0.3 is 0 Å². The van der Waals surface area contributed by atoms with Gasteiger partial charge in [0.05, 0.1) is 7.11 Å². The highest BCUT2D eigenvalue weighted by molar-refractivity contribution is 6.52. The smallest absolute Gasteiger partial charge is 0.195 e. The number of hydrogen-bond acceptors (Lipinski definition) is 3. The minimum Gasteiger partial charge on any atom is -0.496 e. The Kier molecular flexibility index (Phi) is 3.98. The fourth-order valence-corrected chi connectivity index (χ4v) is 3.36. The summed E-state index contributed by atoms with van der Waals surface area (Å²) in [5.74, 6) is 0.257. The Hall–Kier alpha value is -3.46. The van der Waals surface area contributed by atoms with E-state index in [0.717, 1.165) is 5.56 Å². The van der Waals surface area contributed by atoms with Gasteiger partial charge in [0.15, 0.2) is 11.6 Å². The minimum atomic E-state index is -0.163. The van der Waals surface area contributed by atoms with Gasteiger partial charge in [0.1, 0.15) is 5.75 Å². The topological polar surface area (TPSA) is 43.4 Å². The predicted molar refractivity (Wildman–Crippen MR) is 101 cm³/mol. The number of ketones is 2. The molecular weight excluding hydrogens is 324 g/mol. The maximum atomic E-state index is 13.3. The van der Waals surface area contributed by atoms with Crippen molar-refractivity contribution in [3.05, 3.63) is 101 Å². The summed E-state index contributed by atoms with van der Waals surface area (Å²) in [7, 11) is 1.56. The Balaban J connectivity index is 2.08. The van der Waals surface area contributed by atoms with Crippen LogP contribution in [-0.2, 0) is 0 Å². The Morgan fingerprint density at radius 2 is 1.08 bits per heavy atom. The van der Waals surface area contributed by atoms with Crippen molar-refractivity contribution in [2.45, 2.75) is 0 Å². The number of Topliss-reactive ketones (excluding diaryl/α,β-unsaturated/α-hetero) is 2. The van der Waals surface area contributed by atoms with Gasteiger partial charge in [-0.3, -0.25) is 9.59 Å². The maximum absolute atomic E-state index is 13.3. The second-order valence-corrected chi connectivity index (χ2v) is 6.02. The van der Waals surface area contributed by atoms with E-state index in [-0.39, 0.29) is 11.6 Å². The molecule has 0 aliphatic heterocycles. The van der Waals surface area contributed by atoms with Crippen LogP contribution in [0.15, 0.2) is 78.9 Å². The summed E-state index contributed by atoms with van der Waals surface area (Å²) in [5.41, 5.74) is 3.02. The van der Waals surface area contributed by atoms with Crippen molar-refractivity contribution in [1.82, 2.24) is 0 Å². The number of fused-ring (bicyclic) bond motifs is 1. The standard InChI is InChI=1S/C23H16O3/c1-26-19-14-8-7-13-18(19)21-20(15-9-3-2-4-10-15)22(24)16-11-5-6-12-17(16)23(21)25/h2-14H,1H3. The Morgan fingerprint density at radius 3 is 1.69 bits per heavy atom. The average molecular weight is 340 g/mol. The largest absolute Gasteiger partial charge is 0.496 e. The highest BCUT2D eigenvalue weighted by Crippen LogP contribution is 2.40. The molecule has 0 saturated heterocycles. The number of para-hydroxylation sites is 1. The number of rotatable bonds is 3. The van der Waals surface area contributed by atoms with Crippen molar-refractivity contribution in [3.63, 3.8) is 0 Å². The first kappa shape index (κ1) is 16.0. The fourth-order valence-electron chi connectivity index (χ4n) is 3.36. The Bertz CT molecular complexity index is 1050. The maximum Gasteiger partial charge on any atom is 0.195 e. The zero-order valence-corrected chi connectivity index (χ0v) is 14.2. The van der Waals surface area contributed by atoms with Crippen LogP contribution < -0.4 is 4.74 Å². The minimum absolute atomic E-state index is 0.146. The van der Waals surface area contributed by atoms with Crippen molar-refractivity contribution in [3.8, 4) is 5.75 Å². The van der Waals surface area contributed by atoms with E-state index in [0.29, 0.717) is 33.6 Å². The van der Waals surface area contributed by atoms with Crippen molar-refractivity contribution in [2.75, 3.05) is 7.11 Å². The third kappa shape index (κ3) is 2.45. The molecule has 0 atom stereocenters. The predicted octanol–water partition coefficient (Wildman–Crippen LogP) is 4.69. The van der Waals surface area contributed by atoms with Crippen LogP contribution in [0.3, 0.4) is 0 Å². The quantitative estimate of drug-likeness (QED) is 0.695. The monoisotopic (exact) mass is 340 g/mol. The van der Waals surface area contributed by atoms with Crippen molar-refractivity contribution < 1.29 is 14.3 Å². The van der Waals surface area contributed by atoms with Crippen LogP contribution in [0, 0.1) is 0 Å². The molecule has 0 unspecified atom stereocenters. The van der Waals surface area contributed by atoms with E-state index in [1.807, 2.05) is 48.5 Å². The number of benzene rings is 3. The molecule has 3 nitrogen and oxygen atoms in total. The summed E-state index contributed by atoms with van der Waals surface area (Å²) in [6.45, 7) is 0. The van der Waals surface area contributed by atoms with Crippen LogP contribution in [0.25, 0.3) is 11.1 Å². The van der Waals surface area contributed by atoms with E-state index in [9.17, 15) is 9.59 Å². The Morgan fingerprint density at radius 1 is 0.577 bits per heavy atom. The van der Waals surface area contributed by atoms with Gasteiger partial charge in [0.2, 0.25) is 0 Å². The SMILES string of the molecule is COc1ccccc1C1=C(c2ccccc2)C(=O)c2ccccc2C1=O. The van der Waals surface area contributed by atoms with Gasteiger partial charge in [-0.15, -0.1) is 0 Å². The first-order valence-electron chi connectivity index (χ1n) is 8.34. The van der Waals surface area contributed by atoms with Crippen LogP contribution in [0.1, 0.15) is 31.8 Å². The second-order valence-electron chi connectivity index (χ2n) is 6.02. The van der Waals surface area contributed by atoms with E-state index in [1.54, 1.807) is 37.4 Å². The molecule has 0 fully saturated rings. The molecule has 3 aromatic carbocycles. The summed E-state index contributed by atoms with van der Waals surface area (Å²) in [4.78, 5) is 26.6. The molecule has 1 aliphatic rings. The number of methoxy groups -OCH3 is 1. The van der Waals surface area contributed by atoms with Crippen LogP contribution >= 0.6 is 0 Å². The first-order valence-corrected chi connectivity index (χ1v) is 8.34. The zero-order chi connectivity index (χ0) is 18.1. The van der Waals surface area contributed by atoms with Crippen molar-refractivity contribution in [2.24, 2.45) is 0 Å². The fraction of sp³-hybridized carbons (Fsp3) is 0.0435. The van der Waals surface area contributed by atoms with Crippen LogP contribution in [0.5, 0.6) is 5.75 Å². The first-order chi connectivity index (χ1) is 12.7. The second kappa shape index (κ2) is 6.45. The molecule has 0 bridgehead atoms. The molecular formula is C23H16O3. The molecule has 3 heteroatoms. The lowest BCUT2D eigenvalue weighted by atomic mass is 9.78. The van der Waals surface area contributed by atoms with E-state index in [2.05, 4.69) is 0 Å². The summed E-state index contributed by atoms with van der Waals surface area (Å²) >= 11 is 0. The number of ether oxygens (including phenoxy) is 1. The number of allylic oxidation sites excluding steroid dienone is 2. The molecule has 0 heterocycles. The number of hydrogen-bond donors (Lipinski definition) is 0. The lowest BCUT2D eigenvalue weighted by Crippen LogP contribution is -2.21. The van der Waals surface area contributed by atoms with Crippen LogP contribution in [0.2, 0.25) is 0 Å².